The van der Waals surface area contributed by atoms with Crippen LogP contribution in [0.3, 0.4) is 0 Å². The Bertz CT molecular complexity index is 857. The van der Waals surface area contributed by atoms with Crippen LogP contribution in [0.2, 0.25) is 0 Å². The second-order valence-electron chi connectivity index (χ2n) is 6.45. The van der Waals surface area contributed by atoms with E-state index in [9.17, 15) is 8.42 Å². The van der Waals surface area contributed by atoms with E-state index in [1.165, 1.54) is 0 Å². The summed E-state index contributed by atoms with van der Waals surface area (Å²) in [4.78, 5) is 0.416. The van der Waals surface area contributed by atoms with Gasteiger partial charge in [-0.05, 0) is 86.6 Å². The molecule has 2 aromatic rings. The van der Waals surface area contributed by atoms with Gasteiger partial charge in [0.2, 0.25) is 10.0 Å². The third kappa shape index (κ3) is 4.05. The third-order valence-corrected chi connectivity index (χ3v) is 6.77. The fourth-order valence-electron chi connectivity index (χ4n) is 3.10. The van der Waals surface area contributed by atoms with Gasteiger partial charge in [-0.2, -0.15) is 0 Å². The van der Waals surface area contributed by atoms with Crippen molar-refractivity contribution in [1.82, 2.24) is 4.72 Å². The van der Waals surface area contributed by atoms with Crippen LogP contribution in [0.15, 0.2) is 29.2 Å². The van der Waals surface area contributed by atoms with Crippen molar-refractivity contribution in [1.29, 1.82) is 0 Å². The van der Waals surface area contributed by atoms with Crippen molar-refractivity contribution in [2.24, 2.45) is 0 Å². The number of nitrogens with one attached hydrogen (secondary N) is 1. The molecule has 0 radical (unpaired) electrons. The van der Waals surface area contributed by atoms with Gasteiger partial charge in [0.1, 0.15) is 5.75 Å². The highest BCUT2D eigenvalue weighted by atomic mass is 32.2. The lowest BCUT2D eigenvalue weighted by atomic mass is 9.95. The summed E-state index contributed by atoms with van der Waals surface area (Å²) in [6.45, 7) is 10.1. The van der Waals surface area contributed by atoms with E-state index in [2.05, 4.69) is 4.72 Å². The first-order valence-corrected chi connectivity index (χ1v) is 9.87. The van der Waals surface area contributed by atoms with E-state index in [-0.39, 0.29) is 0 Å². The molecule has 0 saturated heterocycles. The number of sulfonamides is 1. The Morgan fingerprint density at radius 3 is 2.04 bits per heavy atom. The van der Waals surface area contributed by atoms with Gasteiger partial charge in [-0.25, -0.2) is 13.1 Å². The van der Waals surface area contributed by atoms with Crippen LogP contribution in [-0.4, -0.2) is 22.1 Å². The molecular weight excluding hydrogens is 334 g/mol. The SMILES string of the molecule is COc1cccc(CCNS(=O)(=O)c2c(C)c(C)c(C)c(C)c2C)c1. The Balaban J connectivity index is 2.23. The van der Waals surface area contributed by atoms with E-state index < -0.39 is 10.0 Å². The molecule has 0 atom stereocenters. The van der Waals surface area contributed by atoms with Crippen molar-refractivity contribution in [3.63, 3.8) is 0 Å². The van der Waals surface area contributed by atoms with E-state index in [1.54, 1.807) is 7.11 Å². The topological polar surface area (TPSA) is 55.4 Å². The number of hydrogen-bond acceptors (Lipinski definition) is 3. The zero-order valence-electron chi connectivity index (χ0n) is 15.9. The summed E-state index contributed by atoms with van der Waals surface area (Å²) in [5, 5.41) is 0. The Hall–Kier alpha value is -1.85. The average molecular weight is 362 g/mol. The molecule has 0 aliphatic heterocycles. The van der Waals surface area contributed by atoms with Crippen molar-refractivity contribution in [2.45, 2.75) is 45.9 Å². The zero-order valence-corrected chi connectivity index (χ0v) is 16.7. The molecule has 0 fully saturated rings. The molecular formula is C20H27NO3S. The third-order valence-electron chi connectivity index (χ3n) is 5.04. The van der Waals surface area contributed by atoms with Crippen LogP contribution in [0.5, 0.6) is 5.75 Å². The minimum atomic E-state index is -3.55. The maximum absolute atomic E-state index is 12.9. The van der Waals surface area contributed by atoms with E-state index >= 15 is 0 Å². The number of hydrogen-bond donors (Lipinski definition) is 1. The van der Waals surface area contributed by atoms with Gasteiger partial charge in [0, 0.05) is 6.54 Å². The van der Waals surface area contributed by atoms with Crippen LogP contribution in [0.4, 0.5) is 0 Å². The second kappa shape index (κ2) is 7.58. The number of methoxy groups -OCH3 is 1. The Morgan fingerprint density at radius 2 is 1.48 bits per heavy atom. The Kier molecular flexibility index (Phi) is 5.91. The summed E-state index contributed by atoms with van der Waals surface area (Å²) in [5.41, 5.74) is 5.92. The molecule has 0 aliphatic rings. The normalized spacial score (nSPS) is 11.6. The maximum Gasteiger partial charge on any atom is 0.241 e. The van der Waals surface area contributed by atoms with E-state index in [1.807, 2.05) is 58.9 Å². The van der Waals surface area contributed by atoms with Gasteiger partial charge in [-0.3, -0.25) is 0 Å². The monoisotopic (exact) mass is 361 g/mol. The van der Waals surface area contributed by atoms with Crippen molar-refractivity contribution in [2.75, 3.05) is 13.7 Å². The van der Waals surface area contributed by atoms with E-state index in [4.69, 9.17) is 4.74 Å². The molecule has 1 N–H and O–H groups in total. The molecule has 0 spiro atoms. The minimum absolute atomic E-state index is 0.348. The molecule has 25 heavy (non-hydrogen) atoms. The molecule has 4 nitrogen and oxygen atoms in total. The highest BCUT2D eigenvalue weighted by Crippen LogP contribution is 2.29. The first kappa shape index (κ1) is 19.5. The molecule has 0 aromatic heterocycles. The molecule has 2 aromatic carbocycles. The minimum Gasteiger partial charge on any atom is -0.497 e. The smallest absolute Gasteiger partial charge is 0.241 e. The Labute approximate surface area is 151 Å². The van der Waals surface area contributed by atoms with E-state index in [0.717, 1.165) is 39.1 Å². The van der Waals surface area contributed by atoms with Crippen LogP contribution in [0, 0.1) is 34.6 Å². The van der Waals surface area contributed by atoms with Crippen molar-refractivity contribution in [3.8, 4) is 5.75 Å². The summed E-state index contributed by atoms with van der Waals surface area (Å²) in [7, 11) is -1.93. The van der Waals surface area contributed by atoms with E-state index in [0.29, 0.717) is 17.9 Å². The van der Waals surface area contributed by atoms with Crippen LogP contribution < -0.4 is 9.46 Å². The van der Waals surface area contributed by atoms with Gasteiger partial charge in [0.05, 0.1) is 12.0 Å². The van der Waals surface area contributed by atoms with Crippen LogP contribution in [-0.2, 0) is 16.4 Å². The van der Waals surface area contributed by atoms with Gasteiger partial charge in [0.25, 0.3) is 0 Å². The highest BCUT2D eigenvalue weighted by Gasteiger charge is 2.23. The number of ether oxygens (including phenoxy) is 1. The van der Waals surface area contributed by atoms with Gasteiger partial charge < -0.3 is 4.74 Å². The largest absolute Gasteiger partial charge is 0.497 e. The average Bonchev–Trinajstić information content (AvgIpc) is 2.58. The zero-order chi connectivity index (χ0) is 18.8. The van der Waals surface area contributed by atoms with Gasteiger partial charge in [-0.15, -0.1) is 0 Å². The summed E-state index contributed by atoms with van der Waals surface area (Å²) in [6.07, 6.45) is 0.609. The number of benzene rings is 2. The van der Waals surface area contributed by atoms with Crippen LogP contribution in [0.1, 0.15) is 33.4 Å². The molecule has 0 unspecified atom stereocenters. The van der Waals surface area contributed by atoms with Gasteiger partial charge in [0.15, 0.2) is 0 Å². The molecule has 0 amide bonds. The highest BCUT2D eigenvalue weighted by molar-refractivity contribution is 7.89. The molecule has 5 heteroatoms. The lowest BCUT2D eigenvalue weighted by molar-refractivity contribution is 0.414. The van der Waals surface area contributed by atoms with Crippen LogP contribution >= 0.6 is 0 Å². The Morgan fingerprint density at radius 1 is 0.920 bits per heavy atom. The molecule has 136 valence electrons. The fraction of sp³-hybridized carbons (Fsp3) is 0.400. The number of rotatable bonds is 6. The first-order chi connectivity index (χ1) is 11.7. The predicted octanol–water partition coefficient (Wildman–Crippen LogP) is 3.76. The quantitative estimate of drug-likeness (QED) is 0.852. The maximum atomic E-state index is 12.9. The summed E-state index contributed by atoms with van der Waals surface area (Å²) in [5.74, 6) is 0.775. The standard InChI is InChI=1S/C20H27NO3S/c1-13-14(2)16(4)20(17(5)15(13)3)25(22,23)21-11-10-18-8-7-9-19(12-18)24-6/h7-9,12,21H,10-11H2,1-6H3. The van der Waals surface area contributed by atoms with Crippen molar-refractivity contribution in [3.05, 3.63) is 57.6 Å². The fourth-order valence-corrected chi connectivity index (χ4v) is 4.73. The molecule has 0 saturated carbocycles. The first-order valence-electron chi connectivity index (χ1n) is 8.38. The summed E-state index contributed by atoms with van der Waals surface area (Å²) < 4.78 is 33.7. The van der Waals surface area contributed by atoms with Crippen molar-refractivity contribution < 1.29 is 13.2 Å². The predicted molar refractivity (Wildman–Crippen MR) is 102 cm³/mol. The molecule has 0 bridgehead atoms. The second-order valence-corrected chi connectivity index (χ2v) is 8.16. The lowest BCUT2D eigenvalue weighted by Gasteiger charge is -2.19. The van der Waals surface area contributed by atoms with Gasteiger partial charge >= 0.3 is 0 Å². The summed E-state index contributed by atoms with van der Waals surface area (Å²) in [6, 6.07) is 7.67. The molecule has 2 rings (SSSR count). The molecule has 0 heterocycles. The van der Waals surface area contributed by atoms with Crippen LogP contribution in [0.25, 0.3) is 0 Å². The van der Waals surface area contributed by atoms with Gasteiger partial charge in [-0.1, -0.05) is 12.1 Å². The lowest BCUT2D eigenvalue weighted by Crippen LogP contribution is -2.28. The van der Waals surface area contributed by atoms with Crippen molar-refractivity contribution >= 4 is 10.0 Å². The summed E-state index contributed by atoms with van der Waals surface area (Å²) >= 11 is 0. The molecule has 0 aliphatic carbocycles.